The average molecular weight is 250 g/mol. The number of aryl methyl sites for hydroxylation is 1. The molecule has 0 unspecified atom stereocenters. The van der Waals surface area contributed by atoms with Crippen molar-refractivity contribution in [3.8, 4) is 0 Å². The van der Waals surface area contributed by atoms with Crippen LogP contribution in [0.2, 0.25) is 0 Å². The molecule has 18 heavy (non-hydrogen) atoms. The van der Waals surface area contributed by atoms with Crippen LogP contribution < -0.4 is 0 Å². The molecule has 0 fully saturated rings. The molecular weight excluding hydrogens is 238 g/mol. The molecule has 0 bridgehead atoms. The number of nitrogens with zero attached hydrogens (tertiary/aromatic N) is 2. The standard InChI is InChI=1S/C13H12F2N2O/c1-2-17-8-10(7-16-17)13(18)5-9-3-11(14)6-12(15)4-9/h3-4,6-8H,2,5H2,1H3. The molecule has 1 aromatic carbocycles. The van der Waals surface area contributed by atoms with Crippen LogP contribution in [0.3, 0.4) is 0 Å². The Labute approximate surface area is 103 Å². The second kappa shape index (κ2) is 5.08. The van der Waals surface area contributed by atoms with Gasteiger partial charge in [-0.3, -0.25) is 9.48 Å². The molecular formula is C13H12F2N2O. The molecule has 5 heteroatoms. The molecule has 2 rings (SSSR count). The number of halogens is 2. The van der Waals surface area contributed by atoms with Crippen LogP contribution in [0, 0.1) is 11.6 Å². The Bertz CT molecular complexity index is 558. The molecule has 0 amide bonds. The number of carbonyl (C=O) groups is 1. The highest BCUT2D eigenvalue weighted by atomic mass is 19.1. The van der Waals surface area contributed by atoms with E-state index in [1.54, 1.807) is 10.9 Å². The molecule has 0 aliphatic rings. The minimum absolute atomic E-state index is 0.0376. The number of hydrogen-bond donors (Lipinski definition) is 0. The highest BCUT2D eigenvalue weighted by Gasteiger charge is 2.11. The van der Waals surface area contributed by atoms with Crippen LogP contribution in [0.1, 0.15) is 22.8 Å². The van der Waals surface area contributed by atoms with E-state index in [2.05, 4.69) is 5.10 Å². The van der Waals surface area contributed by atoms with Gasteiger partial charge in [0.25, 0.3) is 0 Å². The molecule has 94 valence electrons. The summed E-state index contributed by atoms with van der Waals surface area (Å²) in [6, 6.07) is 3.10. The fourth-order valence-corrected chi connectivity index (χ4v) is 1.68. The van der Waals surface area contributed by atoms with Crippen LogP contribution in [0.15, 0.2) is 30.6 Å². The summed E-state index contributed by atoms with van der Waals surface area (Å²) in [7, 11) is 0. The number of benzene rings is 1. The zero-order valence-corrected chi connectivity index (χ0v) is 9.86. The lowest BCUT2D eigenvalue weighted by Crippen LogP contribution is -2.03. The highest BCUT2D eigenvalue weighted by Crippen LogP contribution is 2.11. The summed E-state index contributed by atoms with van der Waals surface area (Å²) in [6.45, 7) is 2.57. The first-order valence-corrected chi connectivity index (χ1v) is 5.59. The normalized spacial score (nSPS) is 10.6. The maximum atomic E-state index is 13.0. The molecule has 3 nitrogen and oxygen atoms in total. The molecule has 0 aliphatic carbocycles. The topological polar surface area (TPSA) is 34.9 Å². The monoisotopic (exact) mass is 250 g/mol. The van der Waals surface area contributed by atoms with E-state index in [0.717, 1.165) is 18.2 Å². The third-order valence-electron chi connectivity index (χ3n) is 2.57. The maximum absolute atomic E-state index is 13.0. The largest absolute Gasteiger partial charge is 0.294 e. The van der Waals surface area contributed by atoms with Crippen molar-refractivity contribution < 1.29 is 13.6 Å². The number of Topliss-reactive ketones (excluding diaryl/α,β-unsaturated/α-hetero) is 1. The Morgan fingerprint density at radius 1 is 1.28 bits per heavy atom. The van der Waals surface area contributed by atoms with E-state index in [1.165, 1.54) is 6.20 Å². The average Bonchev–Trinajstić information content (AvgIpc) is 2.75. The van der Waals surface area contributed by atoms with Crippen molar-refractivity contribution in [1.29, 1.82) is 0 Å². The van der Waals surface area contributed by atoms with E-state index in [0.29, 0.717) is 17.7 Å². The van der Waals surface area contributed by atoms with Crippen molar-refractivity contribution in [2.45, 2.75) is 19.9 Å². The maximum Gasteiger partial charge on any atom is 0.170 e. The van der Waals surface area contributed by atoms with Crippen LogP contribution in [-0.4, -0.2) is 15.6 Å². The third-order valence-corrected chi connectivity index (χ3v) is 2.57. The van der Waals surface area contributed by atoms with Crippen molar-refractivity contribution in [3.63, 3.8) is 0 Å². The number of ketones is 1. The lowest BCUT2D eigenvalue weighted by Gasteiger charge is -2.00. The lowest BCUT2D eigenvalue weighted by atomic mass is 10.1. The molecule has 2 aromatic rings. The van der Waals surface area contributed by atoms with Gasteiger partial charge in [0.15, 0.2) is 5.78 Å². The predicted octanol–water partition coefficient (Wildman–Crippen LogP) is 2.61. The summed E-state index contributed by atoms with van der Waals surface area (Å²) >= 11 is 0. The Morgan fingerprint density at radius 2 is 1.94 bits per heavy atom. The summed E-state index contributed by atoms with van der Waals surface area (Å²) in [5.74, 6) is -1.57. The van der Waals surface area contributed by atoms with E-state index in [1.807, 2.05) is 6.92 Å². The highest BCUT2D eigenvalue weighted by molar-refractivity contribution is 5.97. The van der Waals surface area contributed by atoms with Crippen molar-refractivity contribution in [2.24, 2.45) is 0 Å². The van der Waals surface area contributed by atoms with Gasteiger partial charge in [-0.05, 0) is 24.6 Å². The Balaban J connectivity index is 2.15. The number of rotatable bonds is 4. The molecule has 0 radical (unpaired) electrons. The van der Waals surface area contributed by atoms with Crippen LogP contribution in [-0.2, 0) is 13.0 Å². The SMILES string of the molecule is CCn1cc(C(=O)Cc2cc(F)cc(F)c2)cn1. The predicted molar refractivity (Wildman–Crippen MR) is 62.3 cm³/mol. The number of carbonyl (C=O) groups excluding carboxylic acids is 1. The molecule has 0 aliphatic heterocycles. The fraction of sp³-hybridized carbons (Fsp3) is 0.231. The van der Waals surface area contributed by atoms with Gasteiger partial charge in [0.2, 0.25) is 0 Å². The molecule has 0 spiro atoms. The van der Waals surface area contributed by atoms with E-state index < -0.39 is 11.6 Å². The van der Waals surface area contributed by atoms with E-state index in [9.17, 15) is 13.6 Å². The first kappa shape index (κ1) is 12.4. The Hall–Kier alpha value is -2.04. The van der Waals surface area contributed by atoms with Gasteiger partial charge in [0.1, 0.15) is 11.6 Å². The number of hydrogen-bond acceptors (Lipinski definition) is 2. The van der Waals surface area contributed by atoms with Gasteiger partial charge in [-0.1, -0.05) is 0 Å². The lowest BCUT2D eigenvalue weighted by molar-refractivity contribution is 0.0993. The summed E-state index contributed by atoms with van der Waals surface area (Å²) in [5.41, 5.74) is 0.767. The van der Waals surface area contributed by atoms with E-state index >= 15 is 0 Å². The van der Waals surface area contributed by atoms with Crippen LogP contribution in [0.25, 0.3) is 0 Å². The molecule has 0 saturated carbocycles. The smallest absolute Gasteiger partial charge is 0.170 e. The Morgan fingerprint density at radius 3 is 2.50 bits per heavy atom. The van der Waals surface area contributed by atoms with Crippen molar-refractivity contribution >= 4 is 5.78 Å². The van der Waals surface area contributed by atoms with Gasteiger partial charge >= 0.3 is 0 Å². The summed E-state index contributed by atoms with van der Waals surface area (Å²) in [4.78, 5) is 11.9. The second-order valence-corrected chi connectivity index (χ2v) is 3.96. The van der Waals surface area contributed by atoms with Gasteiger partial charge in [-0.2, -0.15) is 5.10 Å². The first-order valence-electron chi connectivity index (χ1n) is 5.59. The minimum Gasteiger partial charge on any atom is -0.294 e. The summed E-state index contributed by atoms with van der Waals surface area (Å²) < 4.78 is 27.6. The van der Waals surface area contributed by atoms with Crippen LogP contribution in [0.5, 0.6) is 0 Å². The quantitative estimate of drug-likeness (QED) is 0.782. The van der Waals surface area contributed by atoms with Gasteiger partial charge in [-0.25, -0.2) is 8.78 Å². The molecule has 1 heterocycles. The molecule has 0 N–H and O–H groups in total. The zero-order valence-electron chi connectivity index (χ0n) is 9.86. The van der Waals surface area contributed by atoms with Crippen molar-refractivity contribution in [2.75, 3.05) is 0 Å². The van der Waals surface area contributed by atoms with Crippen molar-refractivity contribution in [3.05, 3.63) is 53.4 Å². The van der Waals surface area contributed by atoms with Gasteiger partial charge in [0.05, 0.1) is 11.8 Å². The fourth-order valence-electron chi connectivity index (χ4n) is 1.68. The van der Waals surface area contributed by atoms with E-state index in [4.69, 9.17) is 0 Å². The Kier molecular flexibility index (Phi) is 3.50. The third kappa shape index (κ3) is 2.80. The number of aromatic nitrogens is 2. The van der Waals surface area contributed by atoms with Gasteiger partial charge < -0.3 is 0 Å². The second-order valence-electron chi connectivity index (χ2n) is 3.96. The summed E-state index contributed by atoms with van der Waals surface area (Å²) in [5, 5.41) is 3.98. The minimum atomic E-state index is -0.679. The first-order chi connectivity index (χ1) is 8.58. The molecule has 0 atom stereocenters. The van der Waals surface area contributed by atoms with E-state index in [-0.39, 0.29) is 12.2 Å². The molecule has 0 saturated heterocycles. The van der Waals surface area contributed by atoms with Crippen LogP contribution >= 0.6 is 0 Å². The summed E-state index contributed by atoms with van der Waals surface area (Å²) in [6.07, 6.45) is 3.05. The van der Waals surface area contributed by atoms with Gasteiger partial charge in [-0.15, -0.1) is 0 Å². The van der Waals surface area contributed by atoms with Crippen LogP contribution in [0.4, 0.5) is 8.78 Å². The molecule has 1 aromatic heterocycles. The van der Waals surface area contributed by atoms with Crippen molar-refractivity contribution in [1.82, 2.24) is 9.78 Å². The van der Waals surface area contributed by atoms with Gasteiger partial charge in [0, 0.05) is 25.2 Å². The zero-order chi connectivity index (χ0) is 13.1.